The highest BCUT2D eigenvalue weighted by atomic mass is 79.9. The summed E-state index contributed by atoms with van der Waals surface area (Å²) in [6.45, 7) is 0.446. The van der Waals surface area contributed by atoms with E-state index in [0.29, 0.717) is 6.54 Å². The third-order valence-electron chi connectivity index (χ3n) is 1.71. The number of nitrogens with two attached hydrogens (primary N) is 1. The lowest BCUT2D eigenvalue weighted by molar-refractivity contribution is 0.971. The van der Waals surface area contributed by atoms with Crippen LogP contribution < -0.4 is 5.73 Å². The van der Waals surface area contributed by atoms with Crippen LogP contribution in [0.1, 0.15) is 5.69 Å². The lowest BCUT2D eigenvalue weighted by Crippen LogP contribution is -2.00. The number of hydrogen-bond donors (Lipinski definition) is 1. The molecule has 2 aromatic heterocycles. The molecule has 2 aromatic rings. The van der Waals surface area contributed by atoms with Crippen molar-refractivity contribution in [1.29, 1.82) is 0 Å². The highest BCUT2D eigenvalue weighted by Crippen LogP contribution is 2.27. The zero-order valence-electron chi connectivity index (χ0n) is 7.27. The van der Waals surface area contributed by atoms with Crippen molar-refractivity contribution in [3.8, 4) is 10.7 Å². The third kappa shape index (κ3) is 2.00. The van der Waals surface area contributed by atoms with E-state index in [4.69, 9.17) is 5.73 Å². The summed E-state index contributed by atoms with van der Waals surface area (Å²) in [4.78, 5) is 9.57. The first-order valence-corrected chi connectivity index (χ1v) is 5.73. The van der Waals surface area contributed by atoms with Gasteiger partial charge in [-0.2, -0.15) is 0 Å². The summed E-state index contributed by atoms with van der Waals surface area (Å²) in [6, 6.07) is 3.83. The number of thiophene rings is 1. The van der Waals surface area contributed by atoms with E-state index in [1.165, 1.54) is 0 Å². The van der Waals surface area contributed by atoms with Crippen molar-refractivity contribution in [2.75, 3.05) is 0 Å². The molecule has 0 spiro atoms. The molecule has 0 radical (unpaired) electrons. The number of aromatic nitrogens is 2. The molecule has 2 heterocycles. The van der Waals surface area contributed by atoms with E-state index in [-0.39, 0.29) is 0 Å². The number of hydrogen-bond acceptors (Lipinski definition) is 4. The van der Waals surface area contributed by atoms with Gasteiger partial charge in [-0.3, -0.25) is 0 Å². The monoisotopic (exact) mass is 269 g/mol. The average Bonchev–Trinajstić information content (AvgIpc) is 2.65. The Balaban J connectivity index is 2.41. The van der Waals surface area contributed by atoms with Crippen LogP contribution in [0.15, 0.2) is 28.2 Å². The molecule has 2 rings (SSSR count). The van der Waals surface area contributed by atoms with Gasteiger partial charge in [-0.15, -0.1) is 11.3 Å². The fraction of sp³-hybridized carbons (Fsp3) is 0.111. The molecule has 72 valence electrons. The maximum Gasteiger partial charge on any atom is 0.169 e. The van der Waals surface area contributed by atoms with Crippen LogP contribution in [0, 0.1) is 0 Å². The quantitative estimate of drug-likeness (QED) is 0.911. The van der Waals surface area contributed by atoms with Gasteiger partial charge in [-0.25, -0.2) is 9.97 Å². The van der Waals surface area contributed by atoms with Crippen molar-refractivity contribution in [2.45, 2.75) is 6.54 Å². The maximum absolute atomic E-state index is 5.51. The summed E-state index contributed by atoms with van der Waals surface area (Å²) >= 11 is 5.00. The standard InChI is InChI=1S/C9H8BrN3S/c10-6-3-8(14-5-6)9-12-2-1-7(4-11)13-9/h1-3,5H,4,11H2. The van der Waals surface area contributed by atoms with Crippen LogP contribution in [-0.4, -0.2) is 9.97 Å². The van der Waals surface area contributed by atoms with Gasteiger partial charge in [0.2, 0.25) is 0 Å². The van der Waals surface area contributed by atoms with Gasteiger partial charge < -0.3 is 5.73 Å². The van der Waals surface area contributed by atoms with E-state index in [9.17, 15) is 0 Å². The van der Waals surface area contributed by atoms with Gasteiger partial charge in [0.1, 0.15) is 0 Å². The SMILES string of the molecule is NCc1ccnc(-c2cc(Br)cs2)n1. The van der Waals surface area contributed by atoms with E-state index < -0.39 is 0 Å². The fourth-order valence-electron chi connectivity index (χ4n) is 1.06. The fourth-order valence-corrected chi connectivity index (χ4v) is 2.43. The Labute approximate surface area is 94.1 Å². The number of halogens is 1. The average molecular weight is 270 g/mol. The topological polar surface area (TPSA) is 51.8 Å². The van der Waals surface area contributed by atoms with Crippen LogP contribution in [0.4, 0.5) is 0 Å². The molecule has 0 atom stereocenters. The van der Waals surface area contributed by atoms with E-state index in [0.717, 1.165) is 20.9 Å². The zero-order chi connectivity index (χ0) is 9.97. The molecule has 0 aromatic carbocycles. The molecular weight excluding hydrogens is 262 g/mol. The van der Waals surface area contributed by atoms with Crippen molar-refractivity contribution in [3.63, 3.8) is 0 Å². The summed E-state index contributed by atoms with van der Waals surface area (Å²) in [5.41, 5.74) is 6.37. The minimum absolute atomic E-state index is 0.446. The number of rotatable bonds is 2. The third-order valence-corrected chi connectivity index (χ3v) is 3.40. The summed E-state index contributed by atoms with van der Waals surface area (Å²) in [7, 11) is 0. The molecule has 0 aliphatic rings. The Bertz CT molecular complexity index is 441. The Morgan fingerprint density at radius 3 is 3.00 bits per heavy atom. The van der Waals surface area contributed by atoms with Crippen LogP contribution in [0.2, 0.25) is 0 Å². The van der Waals surface area contributed by atoms with Crippen molar-refractivity contribution < 1.29 is 0 Å². The first-order chi connectivity index (χ1) is 6.79. The summed E-state index contributed by atoms with van der Waals surface area (Å²) in [6.07, 6.45) is 1.73. The molecule has 0 bridgehead atoms. The highest BCUT2D eigenvalue weighted by molar-refractivity contribution is 9.10. The minimum atomic E-state index is 0.446. The van der Waals surface area contributed by atoms with Gasteiger partial charge in [0, 0.05) is 22.6 Å². The predicted octanol–water partition coefficient (Wildman–Crippen LogP) is 2.43. The molecule has 0 amide bonds. The smallest absolute Gasteiger partial charge is 0.169 e. The molecular formula is C9H8BrN3S. The second-order valence-electron chi connectivity index (χ2n) is 2.70. The molecule has 2 N–H and O–H groups in total. The van der Waals surface area contributed by atoms with E-state index >= 15 is 0 Å². The van der Waals surface area contributed by atoms with Gasteiger partial charge in [0.05, 0.1) is 10.6 Å². The molecule has 0 aliphatic carbocycles. The molecule has 5 heteroatoms. The van der Waals surface area contributed by atoms with Crippen LogP contribution in [0.3, 0.4) is 0 Å². The molecule has 0 aliphatic heterocycles. The molecule has 0 saturated heterocycles. The second kappa shape index (κ2) is 4.16. The molecule has 3 nitrogen and oxygen atoms in total. The first-order valence-electron chi connectivity index (χ1n) is 4.06. The van der Waals surface area contributed by atoms with Crippen molar-refractivity contribution in [3.05, 3.63) is 33.9 Å². The van der Waals surface area contributed by atoms with Crippen molar-refractivity contribution in [2.24, 2.45) is 5.73 Å². The zero-order valence-corrected chi connectivity index (χ0v) is 9.68. The molecule has 14 heavy (non-hydrogen) atoms. The Morgan fingerprint density at radius 1 is 1.50 bits per heavy atom. The summed E-state index contributed by atoms with van der Waals surface area (Å²) in [5, 5.41) is 2.01. The van der Waals surface area contributed by atoms with E-state index in [2.05, 4.69) is 25.9 Å². The van der Waals surface area contributed by atoms with Gasteiger partial charge in [-0.1, -0.05) is 0 Å². The van der Waals surface area contributed by atoms with Crippen LogP contribution >= 0.6 is 27.3 Å². The van der Waals surface area contributed by atoms with Crippen molar-refractivity contribution >= 4 is 27.3 Å². The van der Waals surface area contributed by atoms with Gasteiger partial charge in [0.15, 0.2) is 5.82 Å². The molecule has 0 saturated carbocycles. The van der Waals surface area contributed by atoms with Gasteiger partial charge >= 0.3 is 0 Å². The molecule has 0 fully saturated rings. The van der Waals surface area contributed by atoms with E-state index in [1.54, 1.807) is 17.5 Å². The number of nitrogens with zero attached hydrogens (tertiary/aromatic N) is 2. The van der Waals surface area contributed by atoms with E-state index in [1.807, 2.05) is 17.5 Å². The lowest BCUT2D eigenvalue weighted by Gasteiger charge is -1.98. The minimum Gasteiger partial charge on any atom is -0.325 e. The maximum atomic E-state index is 5.51. The van der Waals surface area contributed by atoms with Crippen LogP contribution in [0.25, 0.3) is 10.7 Å². The Morgan fingerprint density at radius 2 is 2.36 bits per heavy atom. The Hall–Kier alpha value is -0.780. The molecule has 0 unspecified atom stereocenters. The largest absolute Gasteiger partial charge is 0.325 e. The lowest BCUT2D eigenvalue weighted by atomic mass is 10.4. The van der Waals surface area contributed by atoms with Crippen LogP contribution in [-0.2, 0) is 6.54 Å². The van der Waals surface area contributed by atoms with Gasteiger partial charge in [0.25, 0.3) is 0 Å². The normalized spacial score (nSPS) is 10.4. The Kier molecular flexibility index (Phi) is 2.90. The second-order valence-corrected chi connectivity index (χ2v) is 4.53. The highest BCUT2D eigenvalue weighted by Gasteiger charge is 2.04. The van der Waals surface area contributed by atoms with Crippen LogP contribution in [0.5, 0.6) is 0 Å². The summed E-state index contributed by atoms with van der Waals surface area (Å²) < 4.78 is 1.05. The first kappa shape index (κ1) is 9.76. The summed E-state index contributed by atoms with van der Waals surface area (Å²) in [5.74, 6) is 0.739. The van der Waals surface area contributed by atoms with Gasteiger partial charge in [-0.05, 0) is 28.1 Å². The van der Waals surface area contributed by atoms with Crippen molar-refractivity contribution in [1.82, 2.24) is 9.97 Å². The predicted molar refractivity (Wildman–Crippen MR) is 60.9 cm³/mol.